The molecule has 4 nitrogen and oxygen atoms in total. The standard InChI is InChI=1S/C23H31NO3/c1-17(2)24(18(3)4)15-14-23(26,20-11-7-6-8-12-20)21-13-9-10-19(16-21)22(25)27-5/h6-13,16-18,26H,14-15H2,1-5H3. The average molecular weight is 370 g/mol. The summed E-state index contributed by atoms with van der Waals surface area (Å²) in [6.07, 6.45) is 0.526. The smallest absolute Gasteiger partial charge is 0.337 e. The van der Waals surface area contributed by atoms with E-state index in [-0.39, 0.29) is 0 Å². The lowest BCUT2D eigenvalue weighted by molar-refractivity contribution is 0.0462. The Balaban J connectivity index is 2.44. The number of carbonyl (C=O) groups is 1. The zero-order valence-corrected chi connectivity index (χ0v) is 17.0. The molecule has 27 heavy (non-hydrogen) atoms. The van der Waals surface area contributed by atoms with Gasteiger partial charge in [0.15, 0.2) is 0 Å². The normalized spacial score (nSPS) is 13.8. The molecule has 0 spiro atoms. The molecule has 2 aromatic carbocycles. The van der Waals surface area contributed by atoms with Crippen molar-refractivity contribution >= 4 is 5.97 Å². The van der Waals surface area contributed by atoms with E-state index in [4.69, 9.17) is 4.74 Å². The molecule has 1 atom stereocenters. The number of esters is 1. The molecule has 0 saturated heterocycles. The maximum Gasteiger partial charge on any atom is 0.337 e. The van der Waals surface area contributed by atoms with Crippen LogP contribution in [0, 0.1) is 0 Å². The number of rotatable bonds is 8. The molecule has 0 heterocycles. The highest BCUT2D eigenvalue weighted by molar-refractivity contribution is 5.89. The number of benzene rings is 2. The zero-order valence-electron chi connectivity index (χ0n) is 17.0. The number of aliphatic hydroxyl groups is 1. The third kappa shape index (κ3) is 4.96. The van der Waals surface area contributed by atoms with Gasteiger partial charge < -0.3 is 9.84 Å². The van der Waals surface area contributed by atoms with E-state index in [0.29, 0.717) is 29.6 Å². The predicted octanol–water partition coefficient (Wildman–Crippen LogP) is 4.22. The fraction of sp³-hybridized carbons (Fsp3) is 0.435. The Labute approximate surface area is 162 Å². The van der Waals surface area contributed by atoms with Crippen LogP contribution in [0.4, 0.5) is 0 Å². The van der Waals surface area contributed by atoms with Crippen molar-refractivity contribution < 1.29 is 14.6 Å². The number of carbonyl (C=O) groups excluding carboxylic acids is 1. The van der Waals surface area contributed by atoms with Crippen LogP contribution in [0.2, 0.25) is 0 Å². The Hall–Kier alpha value is -2.17. The van der Waals surface area contributed by atoms with Crippen molar-refractivity contribution in [3.8, 4) is 0 Å². The van der Waals surface area contributed by atoms with Crippen LogP contribution in [0.3, 0.4) is 0 Å². The number of hydrogen-bond donors (Lipinski definition) is 1. The van der Waals surface area contributed by atoms with Gasteiger partial charge in [-0.15, -0.1) is 0 Å². The Kier molecular flexibility index (Phi) is 7.17. The highest BCUT2D eigenvalue weighted by atomic mass is 16.5. The third-order valence-corrected chi connectivity index (χ3v) is 5.07. The molecule has 0 radical (unpaired) electrons. The number of hydrogen-bond acceptors (Lipinski definition) is 4. The minimum Gasteiger partial charge on any atom is -0.465 e. The van der Waals surface area contributed by atoms with Gasteiger partial charge in [0.1, 0.15) is 5.60 Å². The molecule has 2 aromatic rings. The zero-order chi connectivity index (χ0) is 20.0. The van der Waals surface area contributed by atoms with Crippen LogP contribution in [0.5, 0.6) is 0 Å². The van der Waals surface area contributed by atoms with Crippen LogP contribution in [-0.4, -0.2) is 41.7 Å². The van der Waals surface area contributed by atoms with E-state index >= 15 is 0 Å². The predicted molar refractivity (Wildman–Crippen MR) is 109 cm³/mol. The maximum absolute atomic E-state index is 12.0. The summed E-state index contributed by atoms with van der Waals surface area (Å²) in [6, 6.07) is 17.5. The molecule has 2 rings (SSSR count). The van der Waals surface area contributed by atoms with Crippen molar-refractivity contribution in [1.82, 2.24) is 4.90 Å². The van der Waals surface area contributed by atoms with Crippen molar-refractivity contribution in [1.29, 1.82) is 0 Å². The second kappa shape index (κ2) is 9.16. The molecule has 0 bridgehead atoms. The van der Waals surface area contributed by atoms with Gasteiger partial charge in [0.2, 0.25) is 0 Å². The van der Waals surface area contributed by atoms with Crippen molar-refractivity contribution in [2.75, 3.05) is 13.7 Å². The minimum absolute atomic E-state index is 0.381. The van der Waals surface area contributed by atoms with Crippen LogP contribution < -0.4 is 0 Å². The summed E-state index contributed by atoms with van der Waals surface area (Å²) in [7, 11) is 1.36. The average Bonchev–Trinajstić information content (AvgIpc) is 2.67. The second-order valence-corrected chi connectivity index (χ2v) is 7.47. The number of ether oxygens (including phenoxy) is 1. The van der Waals surface area contributed by atoms with Crippen LogP contribution in [0.1, 0.15) is 55.6 Å². The minimum atomic E-state index is -1.19. The highest BCUT2D eigenvalue weighted by Crippen LogP contribution is 2.34. The summed E-state index contributed by atoms with van der Waals surface area (Å²) in [4.78, 5) is 14.3. The molecule has 0 aliphatic rings. The monoisotopic (exact) mass is 369 g/mol. The van der Waals surface area contributed by atoms with Gasteiger partial charge in [0.25, 0.3) is 0 Å². The summed E-state index contributed by atoms with van der Waals surface area (Å²) in [6.45, 7) is 9.40. The molecular weight excluding hydrogens is 338 g/mol. The lowest BCUT2D eigenvalue weighted by Gasteiger charge is -2.36. The van der Waals surface area contributed by atoms with E-state index < -0.39 is 11.6 Å². The SMILES string of the molecule is COC(=O)c1cccc(C(O)(CCN(C(C)C)C(C)C)c2ccccc2)c1. The summed E-state index contributed by atoms with van der Waals surface area (Å²) in [5, 5.41) is 11.8. The first-order valence-corrected chi connectivity index (χ1v) is 9.52. The van der Waals surface area contributed by atoms with Gasteiger partial charge in [-0.05, 0) is 57.4 Å². The Morgan fingerprint density at radius 1 is 1.00 bits per heavy atom. The Morgan fingerprint density at radius 3 is 2.15 bits per heavy atom. The number of methoxy groups -OCH3 is 1. The van der Waals surface area contributed by atoms with E-state index in [1.54, 1.807) is 18.2 Å². The van der Waals surface area contributed by atoms with Gasteiger partial charge in [-0.25, -0.2) is 4.79 Å². The largest absolute Gasteiger partial charge is 0.465 e. The fourth-order valence-electron chi connectivity index (χ4n) is 3.59. The topological polar surface area (TPSA) is 49.8 Å². The van der Waals surface area contributed by atoms with Crippen LogP contribution in [0.15, 0.2) is 54.6 Å². The lowest BCUT2D eigenvalue weighted by atomic mass is 9.82. The molecular formula is C23H31NO3. The molecule has 1 unspecified atom stereocenters. The van der Waals surface area contributed by atoms with Gasteiger partial charge in [0, 0.05) is 18.6 Å². The van der Waals surface area contributed by atoms with Gasteiger partial charge in [-0.2, -0.15) is 0 Å². The summed E-state index contributed by atoms with van der Waals surface area (Å²) >= 11 is 0. The van der Waals surface area contributed by atoms with Gasteiger partial charge in [-0.3, -0.25) is 4.90 Å². The van der Waals surface area contributed by atoms with Crippen molar-refractivity contribution in [2.24, 2.45) is 0 Å². The quantitative estimate of drug-likeness (QED) is 0.708. The second-order valence-electron chi connectivity index (χ2n) is 7.47. The summed E-state index contributed by atoms with van der Waals surface area (Å²) < 4.78 is 4.84. The molecule has 0 aromatic heterocycles. The van der Waals surface area contributed by atoms with Gasteiger partial charge >= 0.3 is 5.97 Å². The Bertz CT molecular complexity index is 734. The van der Waals surface area contributed by atoms with Crippen molar-refractivity contribution in [3.05, 3.63) is 71.3 Å². The molecule has 0 fully saturated rings. The lowest BCUT2D eigenvalue weighted by Crippen LogP contribution is -2.41. The maximum atomic E-state index is 12.0. The van der Waals surface area contributed by atoms with Crippen molar-refractivity contribution in [3.63, 3.8) is 0 Å². The first-order chi connectivity index (χ1) is 12.8. The Morgan fingerprint density at radius 2 is 1.59 bits per heavy atom. The molecule has 1 N–H and O–H groups in total. The van der Waals surface area contributed by atoms with Gasteiger partial charge in [-0.1, -0.05) is 42.5 Å². The van der Waals surface area contributed by atoms with E-state index in [0.717, 1.165) is 12.1 Å². The van der Waals surface area contributed by atoms with Crippen LogP contribution in [0.25, 0.3) is 0 Å². The van der Waals surface area contributed by atoms with Gasteiger partial charge in [0.05, 0.1) is 12.7 Å². The summed E-state index contributed by atoms with van der Waals surface area (Å²) in [5.41, 5.74) is 0.769. The highest BCUT2D eigenvalue weighted by Gasteiger charge is 2.33. The molecule has 0 saturated carbocycles. The van der Waals surface area contributed by atoms with E-state index in [9.17, 15) is 9.90 Å². The van der Waals surface area contributed by atoms with E-state index in [1.807, 2.05) is 36.4 Å². The first kappa shape index (κ1) is 21.1. The van der Waals surface area contributed by atoms with Crippen LogP contribution >= 0.6 is 0 Å². The fourth-order valence-corrected chi connectivity index (χ4v) is 3.59. The molecule has 0 aliphatic heterocycles. The third-order valence-electron chi connectivity index (χ3n) is 5.07. The van der Waals surface area contributed by atoms with E-state index in [2.05, 4.69) is 32.6 Å². The van der Waals surface area contributed by atoms with Crippen LogP contribution in [-0.2, 0) is 10.3 Å². The molecule has 146 valence electrons. The van der Waals surface area contributed by atoms with Crippen molar-refractivity contribution in [2.45, 2.75) is 51.8 Å². The summed E-state index contributed by atoms with van der Waals surface area (Å²) in [5.74, 6) is -0.404. The molecule has 4 heteroatoms. The number of nitrogens with zero attached hydrogens (tertiary/aromatic N) is 1. The first-order valence-electron chi connectivity index (χ1n) is 9.52. The van der Waals surface area contributed by atoms with E-state index in [1.165, 1.54) is 7.11 Å². The molecule has 0 amide bonds. The molecule has 0 aliphatic carbocycles.